The molecule has 0 radical (unpaired) electrons. The molecule has 4 heteroatoms. The highest BCUT2D eigenvalue weighted by Crippen LogP contribution is 2.24. The van der Waals surface area contributed by atoms with Crippen molar-refractivity contribution in [3.63, 3.8) is 0 Å². The number of hydrogen-bond acceptors (Lipinski definition) is 4. The smallest absolute Gasteiger partial charge is 0.0992 e. The summed E-state index contributed by atoms with van der Waals surface area (Å²) in [6.45, 7) is 2.01. The molecule has 0 aliphatic carbocycles. The summed E-state index contributed by atoms with van der Waals surface area (Å²) in [6, 6.07) is 12.3. The van der Waals surface area contributed by atoms with Crippen LogP contribution in [0.25, 0.3) is 0 Å². The van der Waals surface area contributed by atoms with E-state index in [2.05, 4.69) is 22.3 Å². The van der Waals surface area contributed by atoms with E-state index in [-0.39, 0.29) is 0 Å². The Labute approximate surface area is 111 Å². The SMILES string of the molecule is Cc1cc(/C=N\O)cnc1SCc1ccccc1. The Morgan fingerprint density at radius 2 is 2.11 bits per heavy atom. The molecule has 0 saturated carbocycles. The minimum atomic E-state index is 0.805. The third kappa shape index (κ3) is 3.34. The Kier molecular flexibility index (Phi) is 4.36. The molecule has 1 aromatic carbocycles. The summed E-state index contributed by atoms with van der Waals surface area (Å²) in [6.07, 6.45) is 3.09. The summed E-state index contributed by atoms with van der Waals surface area (Å²) in [7, 11) is 0. The molecule has 1 N–H and O–H groups in total. The summed E-state index contributed by atoms with van der Waals surface area (Å²) >= 11 is 1.71. The van der Waals surface area contributed by atoms with E-state index in [1.54, 1.807) is 18.0 Å². The van der Waals surface area contributed by atoms with Gasteiger partial charge in [0.25, 0.3) is 0 Å². The second kappa shape index (κ2) is 6.21. The molecule has 1 aromatic heterocycles. The number of nitrogens with zero attached hydrogens (tertiary/aromatic N) is 2. The molecular formula is C14H14N2OS. The van der Waals surface area contributed by atoms with Crippen LogP contribution in [0.15, 0.2) is 52.8 Å². The number of pyridine rings is 1. The zero-order chi connectivity index (χ0) is 12.8. The van der Waals surface area contributed by atoms with Crippen LogP contribution < -0.4 is 0 Å². The van der Waals surface area contributed by atoms with E-state index in [4.69, 9.17) is 5.21 Å². The first-order chi connectivity index (χ1) is 8.79. The van der Waals surface area contributed by atoms with Crippen molar-refractivity contribution in [3.05, 3.63) is 59.3 Å². The van der Waals surface area contributed by atoms with Gasteiger partial charge in [0.15, 0.2) is 0 Å². The highest BCUT2D eigenvalue weighted by atomic mass is 32.2. The van der Waals surface area contributed by atoms with E-state index in [1.807, 2.05) is 31.2 Å². The van der Waals surface area contributed by atoms with Crippen LogP contribution in [0.2, 0.25) is 0 Å². The summed E-state index contributed by atoms with van der Waals surface area (Å²) in [5, 5.41) is 12.5. The average Bonchev–Trinajstić information content (AvgIpc) is 2.39. The van der Waals surface area contributed by atoms with Crippen molar-refractivity contribution in [1.82, 2.24) is 4.98 Å². The van der Waals surface area contributed by atoms with E-state index >= 15 is 0 Å². The molecule has 0 amide bonds. The number of thioether (sulfide) groups is 1. The molecule has 0 saturated heterocycles. The van der Waals surface area contributed by atoms with Crippen LogP contribution in [0.5, 0.6) is 0 Å². The fourth-order valence-electron chi connectivity index (χ4n) is 1.60. The minimum absolute atomic E-state index is 0.805. The fourth-order valence-corrected chi connectivity index (χ4v) is 2.51. The van der Waals surface area contributed by atoms with Gasteiger partial charge >= 0.3 is 0 Å². The summed E-state index contributed by atoms with van der Waals surface area (Å²) in [4.78, 5) is 4.37. The van der Waals surface area contributed by atoms with Gasteiger partial charge in [0, 0.05) is 17.5 Å². The lowest BCUT2D eigenvalue weighted by molar-refractivity contribution is 0.322. The fraction of sp³-hybridized carbons (Fsp3) is 0.143. The number of benzene rings is 1. The molecule has 2 aromatic rings. The first-order valence-corrected chi connectivity index (χ1v) is 6.59. The van der Waals surface area contributed by atoms with Gasteiger partial charge in [-0.1, -0.05) is 35.5 Å². The number of hydrogen-bond donors (Lipinski definition) is 1. The second-order valence-electron chi connectivity index (χ2n) is 3.91. The van der Waals surface area contributed by atoms with Crippen molar-refractivity contribution >= 4 is 18.0 Å². The normalized spacial score (nSPS) is 10.9. The van der Waals surface area contributed by atoms with Crippen molar-refractivity contribution in [2.45, 2.75) is 17.7 Å². The molecule has 2 rings (SSSR count). The average molecular weight is 258 g/mol. The lowest BCUT2D eigenvalue weighted by atomic mass is 10.2. The molecule has 0 aliphatic rings. The van der Waals surface area contributed by atoms with Crippen LogP contribution in [0.4, 0.5) is 0 Å². The lowest BCUT2D eigenvalue weighted by Gasteiger charge is -2.05. The van der Waals surface area contributed by atoms with Gasteiger partial charge < -0.3 is 5.21 Å². The van der Waals surface area contributed by atoms with E-state index in [0.29, 0.717) is 0 Å². The first kappa shape index (κ1) is 12.6. The number of aromatic nitrogens is 1. The van der Waals surface area contributed by atoms with Gasteiger partial charge in [-0.05, 0) is 24.1 Å². The maximum atomic E-state index is 8.47. The molecule has 18 heavy (non-hydrogen) atoms. The molecule has 0 fully saturated rings. The molecule has 0 spiro atoms. The molecule has 92 valence electrons. The largest absolute Gasteiger partial charge is 0.411 e. The predicted molar refractivity (Wildman–Crippen MR) is 74.4 cm³/mol. The third-order valence-electron chi connectivity index (χ3n) is 2.48. The van der Waals surface area contributed by atoms with Crippen molar-refractivity contribution < 1.29 is 5.21 Å². The second-order valence-corrected chi connectivity index (χ2v) is 4.87. The van der Waals surface area contributed by atoms with Crippen LogP contribution in [-0.4, -0.2) is 16.4 Å². The van der Waals surface area contributed by atoms with E-state index in [0.717, 1.165) is 21.9 Å². The highest BCUT2D eigenvalue weighted by molar-refractivity contribution is 7.98. The predicted octanol–water partition coefficient (Wildman–Crippen LogP) is 3.49. The monoisotopic (exact) mass is 258 g/mol. The van der Waals surface area contributed by atoms with Crippen molar-refractivity contribution in [2.24, 2.45) is 5.16 Å². The summed E-state index contributed by atoms with van der Waals surface area (Å²) < 4.78 is 0. The highest BCUT2D eigenvalue weighted by Gasteiger charge is 2.02. The van der Waals surface area contributed by atoms with Gasteiger partial charge in [-0.3, -0.25) is 0 Å². The van der Waals surface area contributed by atoms with Crippen molar-refractivity contribution in [2.75, 3.05) is 0 Å². The molecular weight excluding hydrogens is 244 g/mol. The van der Waals surface area contributed by atoms with Gasteiger partial charge in [-0.2, -0.15) is 0 Å². The van der Waals surface area contributed by atoms with Crippen LogP contribution in [0.3, 0.4) is 0 Å². The maximum Gasteiger partial charge on any atom is 0.0992 e. The number of aryl methyl sites for hydroxylation is 1. The Morgan fingerprint density at radius 3 is 2.78 bits per heavy atom. The van der Waals surface area contributed by atoms with Gasteiger partial charge in [0.05, 0.1) is 11.2 Å². The van der Waals surface area contributed by atoms with E-state index in [9.17, 15) is 0 Å². The first-order valence-electron chi connectivity index (χ1n) is 5.60. The van der Waals surface area contributed by atoms with Crippen LogP contribution in [-0.2, 0) is 5.75 Å². The van der Waals surface area contributed by atoms with Gasteiger partial charge in [0.1, 0.15) is 0 Å². The summed E-state index contributed by atoms with van der Waals surface area (Å²) in [5.74, 6) is 0.905. The molecule has 3 nitrogen and oxygen atoms in total. The van der Waals surface area contributed by atoms with Crippen molar-refractivity contribution in [3.8, 4) is 0 Å². The van der Waals surface area contributed by atoms with Gasteiger partial charge in [-0.15, -0.1) is 11.8 Å². The summed E-state index contributed by atoms with van der Waals surface area (Å²) in [5.41, 5.74) is 3.18. The molecule has 0 bridgehead atoms. The zero-order valence-corrected chi connectivity index (χ0v) is 10.9. The molecule has 1 heterocycles. The Morgan fingerprint density at radius 1 is 1.33 bits per heavy atom. The van der Waals surface area contributed by atoms with E-state index < -0.39 is 0 Å². The zero-order valence-electron chi connectivity index (χ0n) is 10.1. The van der Waals surface area contributed by atoms with Crippen LogP contribution in [0, 0.1) is 6.92 Å². The molecule has 0 atom stereocenters. The lowest BCUT2D eigenvalue weighted by Crippen LogP contribution is -1.91. The van der Waals surface area contributed by atoms with Crippen LogP contribution in [0.1, 0.15) is 16.7 Å². The van der Waals surface area contributed by atoms with Gasteiger partial charge in [0.2, 0.25) is 0 Å². The van der Waals surface area contributed by atoms with Crippen LogP contribution >= 0.6 is 11.8 Å². The Balaban J connectivity index is 2.06. The van der Waals surface area contributed by atoms with Gasteiger partial charge in [-0.25, -0.2) is 4.98 Å². The van der Waals surface area contributed by atoms with E-state index in [1.165, 1.54) is 11.8 Å². The maximum absolute atomic E-state index is 8.47. The number of oxime groups is 1. The van der Waals surface area contributed by atoms with Crippen molar-refractivity contribution in [1.29, 1.82) is 0 Å². The molecule has 0 unspecified atom stereocenters. The molecule has 0 aliphatic heterocycles. The number of rotatable bonds is 4. The third-order valence-corrected chi connectivity index (χ3v) is 3.66. The topological polar surface area (TPSA) is 45.5 Å². The minimum Gasteiger partial charge on any atom is -0.411 e. The Bertz CT molecular complexity index is 541. The Hall–Kier alpha value is -1.81. The standard InChI is InChI=1S/C14H14N2OS/c1-11-7-13(9-16-17)8-15-14(11)18-10-12-5-3-2-4-6-12/h2-9,17H,10H2,1H3/b16-9-. The quantitative estimate of drug-likeness (QED) is 0.395.